The standard InChI is InChI=1S/C27H29N5O4S/c1-4-20-12-8-9-13-23(20)30-37(35,36)21-14-15-25(28-18-21)32-27(34)22(16-19-10-6-5-7-11-19)24(29-32)17-26(33)31(2)3/h5-15,18,29-30H,4,16-17H2,1-3H3. The van der Waals surface area contributed by atoms with Crippen LogP contribution in [0.5, 0.6) is 0 Å². The molecule has 0 fully saturated rings. The number of likely N-dealkylation sites (N-methyl/N-ethyl adjacent to an activating group) is 1. The number of carbonyl (C=O) groups is 1. The van der Waals surface area contributed by atoms with Crippen LogP contribution in [0.2, 0.25) is 0 Å². The summed E-state index contributed by atoms with van der Waals surface area (Å²) in [5.41, 5.74) is 2.91. The first-order valence-corrected chi connectivity index (χ1v) is 13.3. The van der Waals surface area contributed by atoms with Crippen molar-refractivity contribution >= 4 is 21.6 Å². The van der Waals surface area contributed by atoms with Crippen molar-refractivity contribution in [2.75, 3.05) is 18.8 Å². The molecule has 0 spiro atoms. The number of sulfonamides is 1. The molecule has 2 aromatic carbocycles. The molecule has 0 aliphatic carbocycles. The highest BCUT2D eigenvalue weighted by molar-refractivity contribution is 7.92. The lowest BCUT2D eigenvalue weighted by atomic mass is 10.0. The van der Waals surface area contributed by atoms with E-state index in [0.717, 1.165) is 11.1 Å². The zero-order valence-corrected chi connectivity index (χ0v) is 21.7. The fraction of sp³-hybridized carbons (Fsp3) is 0.222. The van der Waals surface area contributed by atoms with Gasteiger partial charge in [0.2, 0.25) is 5.91 Å². The van der Waals surface area contributed by atoms with Gasteiger partial charge in [-0.2, -0.15) is 0 Å². The molecule has 10 heteroatoms. The zero-order valence-electron chi connectivity index (χ0n) is 20.9. The highest BCUT2D eigenvalue weighted by atomic mass is 32.2. The molecule has 37 heavy (non-hydrogen) atoms. The van der Waals surface area contributed by atoms with Crippen LogP contribution in [0.4, 0.5) is 5.69 Å². The number of benzene rings is 2. The van der Waals surface area contributed by atoms with Crippen LogP contribution in [0.15, 0.2) is 82.6 Å². The highest BCUT2D eigenvalue weighted by Crippen LogP contribution is 2.21. The second-order valence-corrected chi connectivity index (χ2v) is 10.5. The van der Waals surface area contributed by atoms with E-state index in [1.807, 2.05) is 49.4 Å². The van der Waals surface area contributed by atoms with E-state index >= 15 is 0 Å². The summed E-state index contributed by atoms with van der Waals surface area (Å²) in [7, 11) is -0.575. The third-order valence-electron chi connectivity index (χ3n) is 6.03. The Labute approximate surface area is 215 Å². The number of rotatable bonds is 9. The maximum absolute atomic E-state index is 13.4. The van der Waals surface area contributed by atoms with Gasteiger partial charge in [-0.1, -0.05) is 55.5 Å². The molecule has 1 amide bonds. The maximum atomic E-state index is 13.4. The van der Waals surface area contributed by atoms with E-state index < -0.39 is 10.0 Å². The van der Waals surface area contributed by atoms with Gasteiger partial charge < -0.3 is 4.90 Å². The molecule has 2 aromatic heterocycles. The molecule has 0 radical (unpaired) electrons. The van der Waals surface area contributed by atoms with E-state index in [1.54, 1.807) is 26.2 Å². The lowest BCUT2D eigenvalue weighted by Gasteiger charge is -2.11. The van der Waals surface area contributed by atoms with Gasteiger partial charge in [0.15, 0.2) is 5.82 Å². The Balaban J connectivity index is 1.67. The van der Waals surface area contributed by atoms with Crippen LogP contribution in [-0.4, -0.2) is 48.1 Å². The van der Waals surface area contributed by atoms with Crippen LogP contribution >= 0.6 is 0 Å². The molecular weight excluding hydrogens is 490 g/mol. The van der Waals surface area contributed by atoms with Crippen molar-refractivity contribution in [3.05, 3.63) is 106 Å². The van der Waals surface area contributed by atoms with Crippen LogP contribution in [0.3, 0.4) is 0 Å². The monoisotopic (exact) mass is 519 g/mol. The summed E-state index contributed by atoms with van der Waals surface area (Å²) in [6.07, 6.45) is 2.24. The number of H-pyrrole nitrogens is 1. The summed E-state index contributed by atoms with van der Waals surface area (Å²) >= 11 is 0. The third kappa shape index (κ3) is 5.80. The molecule has 4 aromatic rings. The third-order valence-corrected chi connectivity index (χ3v) is 7.38. The number of para-hydroxylation sites is 1. The largest absolute Gasteiger partial charge is 0.348 e. The normalized spacial score (nSPS) is 11.3. The van der Waals surface area contributed by atoms with Crippen molar-refractivity contribution in [3.63, 3.8) is 0 Å². The average Bonchev–Trinajstić information content (AvgIpc) is 3.19. The van der Waals surface area contributed by atoms with Crippen LogP contribution < -0.4 is 10.3 Å². The predicted molar refractivity (Wildman–Crippen MR) is 142 cm³/mol. The van der Waals surface area contributed by atoms with Crippen molar-refractivity contribution in [1.82, 2.24) is 19.7 Å². The molecule has 0 aliphatic rings. The number of aromatic amines is 1. The predicted octanol–water partition coefficient (Wildman–Crippen LogP) is 3.15. The topological polar surface area (TPSA) is 117 Å². The molecule has 0 saturated heterocycles. The van der Waals surface area contributed by atoms with Crippen molar-refractivity contribution in [3.8, 4) is 5.82 Å². The van der Waals surface area contributed by atoms with Gasteiger partial charge in [-0.25, -0.2) is 18.1 Å². The Bertz CT molecular complexity index is 1560. The molecule has 0 atom stereocenters. The zero-order chi connectivity index (χ0) is 26.6. The summed E-state index contributed by atoms with van der Waals surface area (Å²) in [6.45, 7) is 1.95. The maximum Gasteiger partial charge on any atom is 0.276 e. The molecule has 0 bridgehead atoms. The average molecular weight is 520 g/mol. The highest BCUT2D eigenvalue weighted by Gasteiger charge is 2.21. The summed E-state index contributed by atoms with van der Waals surface area (Å²) in [6, 6.07) is 19.5. The van der Waals surface area contributed by atoms with Gasteiger partial charge in [-0.3, -0.25) is 19.4 Å². The van der Waals surface area contributed by atoms with Gasteiger partial charge in [-0.05, 0) is 35.7 Å². The van der Waals surface area contributed by atoms with Gasteiger partial charge in [0, 0.05) is 32.3 Å². The molecule has 2 N–H and O–H groups in total. The van der Waals surface area contributed by atoms with Crippen LogP contribution in [-0.2, 0) is 34.1 Å². The van der Waals surface area contributed by atoms with Gasteiger partial charge in [-0.15, -0.1) is 0 Å². The van der Waals surface area contributed by atoms with Crippen LogP contribution in [0.25, 0.3) is 5.82 Å². The molecule has 192 valence electrons. The molecule has 0 aliphatic heterocycles. The number of aryl methyl sites for hydroxylation is 1. The Kier molecular flexibility index (Phi) is 7.58. The minimum atomic E-state index is -3.88. The van der Waals surface area contributed by atoms with Gasteiger partial charge in [0.05, 0.1) is 17.8 Å². The van der Waals surface area contributed by atoms with E-state index in [-0.39, 0.29) is 28.6 Å². The number of nitrogens with zero attached hydrogens (tertiary/aromatic N) is 3. The fourth-order valence-corrected chi connectivity index (χ4v) is 4.96. The smallest absolute Gasteiger partial charge is 0.276 e. The first kappa shape index (κ1) is 25.9. The lowest BCUT2D eigenvalue weighted by molar-refractivity contribution is -0.128. The van der Waals surface area contributed by atoms with Crippen molar-refractivity contribution in [1.29, 1.82) is 0 Å². The number of hydrogen-bond donors (Lipinski definition) is 2. The number of pyridine rings is 1. The summed E-state index contributed by atoms with van der Waals surface area (Å²) < 4.78 is 29.8. The quantitative estimate of drug-likeness (QED) is 0.352. The molecule has 2 heterocycles. The van der Waals surface area contributed by atoms with Crippen molar-refractivity contribution in [2.45, 2.75) is 31.1 Å². The molecule has 9 nitrogen and oxygen atoms in total. The summed E-state index contributed by atoms with van der Waals surface area (Å²) in [5, 5.41) is 3.01. The van der Waals surface area contributed by atoms with Crippen LogP contribution in [0.1, 0.15) is 29.3 Å². The second-order valence-electron chi connectivity index (χ2n) is 8.81. The SMILES string of the molecule is CCc1ccccc1NS(=O)(=O)c1ccc(-n2[nH]c(CC(=O)N(C)C)c(Cc3ccccc3)c2=O)nc1. The number of hydrogen-bond acceptors (Lipinski definition) is 5. The lowest BCUT2D eigenvalue weighted by Crippen LogP contribution is -2.24. The van der Waals surface area contributed by atoms with Crippen LogP contribution in [0, 0.1) is 0 Å². The van der Waals surface area contributed by atoms with E-state index in [9.17, 15) is 18.0 Å². The van der Waals surface area contributed by atoms with E-state index in [2.05, 4.69) is 14.8 Å². The Hall–Kier alpha value is -4.18. The fourth-order valence-electron chi connectivity index (χ4n) is 3.91. The number of carbonyl (C=O) groups excluding carboxylic acids is 1. The van der Waals surface area contributed by atoms with Gasteiger partial charge >= 0.3 is 0 Å². The Morgan fingerprint density at radius 1 is 1.03 bits per heavy atom. The minimum Gasteiger partial charge on any atom is -0.348 e. The van der Waals surface area contributed by atoms with E-state index in [0.29, 0.717) is 29.8 Å². The first-order chi connectivity index (χ1) is 17.7. The second kappa shape index (κ2) is 10.8. The Morgan fingerprint density at radius 2 is 1.73 bits per heavy atom. The van der Waals surface area contributed by atoms with Crippen molar-refractivity contribution < 1.29 is 13.2 Å². The summed E-state index contributed by atoms with van der Waals surface area (Å²) in [4.78, 5) is 31.5. The number of anilines is 1. The minimum absolute atomic E-state index is 0.0185. The number of amides is 1. The number of aromatic nitrogens is 3. The molecular formula is C27H29N5O4S. The molecule has 4 rings (SSSR count). The first-order valence-electron chi connectivity index (χ1n) is 11.8. The summed E-state index contributed by atoms with van der Waals surface area (Å²) in [5.74, 6) is 0.0614. The van der Waals surface area contributed by atoms with E-state index in [1.165, 1.54) is 27.9 Å². The van der Waals surface area contributed by atoms with Gasteiger partial charge in [0.1, 0.15) is 4.90 Å². The van der Waals surface area contributed by atoms with Gasteiger partial charge in [0.25, 0.3) is 15.6 Å². The molecule has 0 saturated carbocycles. The van der Waals surface area contributed by atoms with Crippen molar-refractivity contribution in [2.24, 2.45) is 0 Å². The number of nitrogens with one attached hydrogen (secondary N) is 2. The van der Waals surface area contributed by atoms with E-state index in [4.69, 9.17) is 0 Å². The Morgan fingerprint density at radius 3 is 2.38 bits per heavy atom. The molecule has 0 unspecified atom stereocenters.